The number of benzene rings is 2. The summed E-state index contributed by atoms with van der Waals surface area (Å²) in [6.07, 6.45) is 8.91. The second-order valence-electron chi connectivity index (χ2n) is 5.80. The molecule has 0 heterocycles. The Hall–Kier alpha value is -0.840. The number of hydrogen-bond donors (Lipinski definition) is 0. The van der Waals surface area contributed by atoms with E-state index in [1.807, 2.05) is 33.3 Å². The Kier molecular flexibility index (Phi) is 10.2. The van der Waals surface area contributed by atoms with Crippen LogP contribution < -0.4 is 4.58 Å². The Bertz CT molecular complexity index is 585. The fourth-order valence-electron chi connectivity index (χ4n) is 2.53. The van der Waals surface area contributed by atoms with Crippen LogP contribution in [0.4, 0.5) is 11.4 Å². The molecule has 2 aromatic rings. The molecule has 0 radical (unpaired) electrons. The van der Waals surface area contributed by atoms with Crippen LogP contribution >= 0.6 is 33.3 Å². The Morgan fingerprint density at radius 2 is 1.36 bits per heavy atom. The molecule has 0 amide bonds. The summed E-state index contributed by atoms with van der Waals surface area (Å²) in [6.45, 7) is 2.27. The van der Waals surface area contributed by atoms with Crippen molar-refractivity contribution in [3.8, 4) is 0 Å². The minimum atomic E-state index is 1.22. The number of rotatable bonds is 9. The summed E-state index contributed by atoms with van der Waals surface area (Å²) in [5.74, 6) is 1.22. The van der Waals surface area contributed by atoms with Gasteiger partial charge in [-0.25, -0.2) is 0 Å². The average Bonchev–Trinajstić information content (AvgIpc) is 2.68. The maximum Gasteiger partial charge on any atom is 0.292 e. The molecule has 0 aliphatic carbocycles. The van der Waals surface area contributed by atoms with Crippen LogP contribution in [-0.4, -0.2) is 16.4 Å². The Morgan fingerprint density at radius 3 is 1.88 bits per heavy atom. The van der Waals surface area contributed by atoms with Crippen molar-refractivity contribution in [1.29, 1.82) is 0 Å². The second-order valence-corrected chi connectivity index (χ2v) is 9.25. The maximum atomic E-state index is 2.36. The van der Waals surface area contributed by atoms with E-state index in [0.717, 1.165) is 0 Å². The van der Waals surface area contributed by atoms with Crippen molar-refractivity contribution in [3.63, 3.8) is 0 Å². The van der Waals surface area contributed by atoms with Gasteiger partial charge in [-0.3, -0.25) is 0 Å². The zero-order chi connectivity index (χ0) is 17.7. The lowest BCUT2D eigenvalue weighted by molar-refractivity contribution is 0.660. The van der Waals surface area contributed by atoms with Crippen molar-refractivity contribution in [2.45, 2.75) is 39.0 Å². The quantitative estimate of drug-likeness (QED) is 0.143. The summed E-state index contributed by atoms with van der Waals surface area (Å²) in [5, 5.41) is 0. The SMILES string of the molecule is CCCCCCCSSC(SC)=[N+](c1ccccc1)c1ccccc1. The van der Waals surface area contributed by atoms with Gasteiger partial charge in [0, 0.05) is 40.8 Å². The smallest absolute Gasteiger partial charge is 0.142 e. The molecule has 0 saturated carbocycles. The van der Waals surface area contributed by atoms with Crippen LogP contribution in [0.5, 0.6) is 0 Å². The predicted molar refractivity (Wildman–Crippen MR) is 122 cm³/mol. The average molecular weight is 391 g/mol. The number of unbranched alkanes of at least 4 members (excludes halogenated alkanes) is 4. The molecule has 0 N–H and O–H groups in total. The zero-order valence-electron chi connectivity index (χ0n) is 15.2. The molecule has 0 fully saturated rings. The lowest BCUT2D eigenvalue weighted by Gasteiger charge is -2.07. The van der Waals surface area contributed by atoms with E-state index in [-0.39, 0.29) is 0 Å². The van der Waals surface area contributed by atoms with E-state index in [2.05, 4.69) is 78.4 Å². The first-order valence-electron chi connectivity index (χ1n) is 8.97. The molecule has 0 saturated heterocycles. The molecule has 0 aromatic heterocycles. The molecule has 0 atom stereocenters. The molecule has 0 bridgehead atoms. The van der Waals surface area contributed by atoms with E-state index in [1.165, 1.54) is 53.6 Å². The van der Waals surface area contributed by atoms with Crippen LogP contribution in [0.25, 0.3) is 0 Å². The van der Waals surface area contributed by atoms with Gasteiger partial charge in [0.15, 0.2) is 0 Å². The molecule has 0 aliphatic heterocycles. The van der Waals surface area contributed by atoms with Crippen LogP contribution in [0.1, 0.15) is 39.0 Å². The molecule has 25 heavy (non-hydrogen) atoms. The Labute approximate surface area is 165 Å². The van der Waals surface area contributed by atoms with Gasteiger partial charge in [-0.15, -0.1) is 4.58 Å². The molecule has 2 aromatic carbocycles. The van der Waals surface area contributed by atoms with Crippen LogP contribution in [-0.2, 0) is 0 Å². The normalized spacial score (nSPS) is 10.6. The van der Waals surface area contributed by atoms with E-state index < -0.39 is 0 Å². The molecule has 2 rings (SSSR count). The van der Waals surface area contributed by atoms with Gasteiger partial charge in [0.1, 0.15) is 0 Å². The van der Waals surface area contributed by atoms with Crippen molar-refractivity contribution in [3.05, 3.63) is 60.7 Å². The van der Waals surface area contributed by atoms with Gasteiger partial charge in [-0.1, -0.05) is 91.6 Å². The highest BCUT2D eigenvalue weighted by Gasteiger charge is 2.20. The summed E-state index contributed by atoms with van der Waals surface area (Å²) in [5.41, 5.74) is 2.43. The Balaban J connectivity index is 2.09. The van der Waals surface area contributed by atoms with Crippen molar-refractivity contribution in [2.75, 3.05) is 12.0 Å². The van der Waals surface area contributed by atoms with Gasteiger partial charge in [-0.2, -0.15) is 0 Å². The fraction of sp³-hybridized carbons (Fsp3) is 0.381. The van der Waals surface area contributed by atoms with Gasteiger partial charge in [-0.05, 0) is 12.7 Å². The van der Waals surface area contributed by atoms with Crippen LogP contribution in [0, 0.1) is 0 Å². The molecule has 1 nitrogen and oxygen atoms in total. The van der Waals surface area contributed by atoms with Gasteiger partial charge >= 0.3 is 0 Å². The number of nitrogens with zero attached hydrogens (tertiary/aromatic N) is 1. The van der Waals surface area contributed by atoms with Crippen molar-refractivity contribution in [1.82, 2.24) is 4.58 Å². The summed E-state index contributed by atoms with van der Waals surface area (Å²) >= 11 is 1.82. The summed E-state index contributed by atoms with van der Waals surface area (Å²) < 4.78 is 3.68. The summed E-state index contributed by atoms with van der Waals surface area (Å²) in [6, 6.07) is 21.3. The second kappa shape index (κ2) is 12.5. The van der Waals surface area contributed by atoms with Gasteiger partial charge in [0.05, 0.1) is 0 Å². The first-order chi connectivity index (χ1) is 12.4. The minimum Gasteiger partial charge on any atom is -0.142 e. The largest absolute Gasteiger partial charge is 0.292 e. The van der Waals surface area contributed by atoms with E-state index in [9.17, 15) is 0 Å². The highest BCUT2D eigenvalue weighted by molar-refractivity contribution is 8.86. The predicted octanol–water partition coefficient (Wildman–Crippen LogP) is 7.59. The van der Waals surface area contributed by atoms with Gasteiger partial charge < -0.3 is 0 Å². The fourth-order valence-corrected chi connectivity index (χ4v) is 6.17. The summed E-state index contributed by atoms with van der Waals surface area (Å²) in [7, 11) is 3.88. The third-order valence-electron chi connectivity index (χ3n) is 3.85. The topological polar surface area (TPSA) is 3.01 Å². The van der Waals surface area contributed by atoms with Crippen LogP contribution in [0.15, 0.2) is 60.7 Å². The van der Waals surface area contributed by atoms with E-state index >= 15 is 0 Å². The standard InChI is InChI=1S/C21H28NS3/c1-3-4-5-6-13-18-24-25-21(23-2)22(19-14-9-7-10-15-19)20-16-11-8-12-17-20/h7-12,14-17H,3-6,13,18H2,1-2H3/q+1. The zero-order valence-corrected chi connectivity index (χ0v) is 17.6. The minimum absolute atomic E-state index is 1.22. The lowest BCUT2D eigenvalue weighted by Crippen LogP contribution is -2.10. The van der Waals surface area contributed by atoms with E-state index in [1.54, 1.807) is 0 Å². The van der Waals surface area contributed by atoms with Crippen LogP contribution in [0.2, 0.25) is 0 Å². The van der Waals surface area contributed by atoms with Crippen molar-refractivity contribution in [2.24, 2.45) is 0 Å². The molecule has 0 spiro atoms. The van der Waals surface area contributed by atoms with E-state index in [4.69, 9.17) is 0 Å². The van der Waals surface area contributed by atoms with Crippen molar-refractivity contribution < 1.29 is 0 Å². The van der Waals surface area contributed by atoms with E-state index in [0.29, 0.717) is 0 Å². The number of hydrogen-bond acceptors (Lipinski definition) is 3. The molecule has 0 aliphatic rings. The Morgan fingerprint density at radius 1 is 0.800 bits per heavy atom. The number of para-hydroxylation sites is 2. The molecule has 4 heteroatoms. The highest BCUT2D eigenvalue weighted by Crippen LogP contribution is 2.33. The van der Waals surface area contributed by atoms with Crippen LogP contribution in [0.3, 0.4) is 0 Å². The number of thioether (sulfide) groups is 1. The molecule has 0 unspecified atom stereocenters. The third kappa shape index (κ3) is 7.12. The summed E-state index contributed by atoms with van der Waals surface area (Å²) in [4.78, 5) is 0. The third-order valence-corrected chi connectivity index (χ3v) is 7.67. The monoisotopic (exact) mass is 390 g/mol. The van der Waals surface area contributed by atoms with Gasteiger partial charge in [0.2, 0.25) is 11.4 Å². The lowest BCUT2D eigenvalue weighted by atomic mass is 10.2. The van der Waals surface area contributed by atoms with Gasteiger partial charge in [0.25, 0.3) is 4.38 Å². The highest BCUT2D eigenvalue weighted by atomic mass is 33.1. The molecular formula is C21H28NS3+. The van der Waals surface area contributed by atoms with Crippen molar-refractivity contribution >= 4 is 49.1 Å². The first kappa shape index (κ1) is 20.5. The molecule has 134 valence electrons. The first-order valence-corrected chi connectivity index (χ1v) is 12.5. The molecular weight excluding hydrogens is 362 g/mol. The maximum absolute atomic E-state index is 2.36.